The van der Waals surface area contributed by atoms with Crippen LogP contribution < -0.4 is 11.0 Å². The monoisotopic (exact) mass is 348 g/mol. The quantitative estimate of drug-likeness (QED) is 0.597. The number of rotatable bonds is 5. The lowest BCUT2D eigenvalue weighted by atomic mass is 10.2. The maximum atomic E-state index is 12.1. The third-order valence-electron chi connectivity index (χ3n) is 3.34. The Morgan fingerprint density at radius 1 is 1.33 bits per heavy atom. The molecule has 3 aromatic heterocycles. The van der Waals surface area contributed by atoms with E-state index in [-0.39, 0.29) is 18.2 Å². The molecule has 0 radical (unpaired) electrons. The van der Waals surface area contributed by atoms with Crippen LogP contribution in [0.25, 0.3) is 10.2 Å². The highest BCUT2D eigenvalue weighted by atomic mass is 32.1. The lowest BCUT2D eigenvalue weighted by molar-refractivity contribution is 0.0531. The molecule has 3 N–H and O–H groups in total. The molecule has 0 amide bonds. The predicted octanol–water partition coefficient (Wildman–Crippen LogP) is 1.51. The van der Waals surface area contributed by atoms with Gasteiger partial charge in [-0.25, -0.2) is 24.7 Å². The van der Waals surface area contributed by atoms with Crippen molar-refractivity contribution in [2.24, 2.45) is 0 Å². The summed E-state index contributed by atoms with van der Waals surface area (Å²) in [4.78, 5) is 35.8. The van der Waals surface area contributed by atoms with E-state index in [0.717, 1.165) is 10.9 Å². The molecule has 9 nitrogen and oxygen atoms in total. The summed E-state index contributed by atoms with van der Waals surface area (Å²) < 4.78 is 5.09. The Morgan fingerprint density at radius 2 is 2.12 bits per heavy atom. The second kappa shape index (κ2) is 6.40. The predicted molar refractivity (Wildman–Crippen MR) is 89.4 cm³/mol. The van der Waals surface area contributed by atoms with Crippen LogP contribution in [-0.2, 0) is 11.3 Å². The fourth-order valence-electron chi connectivity index (χ4n) is 2.32. The summed E-state index contributed by atoms with van der Waals surface area (Å²) in [5, 5.41) is 10.1. The molecule has 0 aliphatic rings. The van der Waals surface area contributed by atoms with E-state index in [1.54, 1.807) is 13.8 Å². The number of hydrogen-bond acceptors (Lipinski definition) is 8. The van der Waals surface area contributed by atoms with Gasteiger partial charge in [-0.15, -0.1) is 11.3 Å². The van der Waals surface area contributed by atoms with Crippen molar-refractivity contribution in [3.63, 3.8) is 0 Å². The van der Waals surface area contributed by atoms with Gasteiger partial charge in [-0.05, 0) is 26.3 Å². The Kier molecular flexibility index (Phi) is 4.30. The van der Waals surface area contributed by atoms with E-state index < -0.39 is 0 Å². The molecule has 0 aromatic carbocycles. The Morgan fingerprint density at radius 3 is 2.79 bits per heavy atom. The first-order valence-electron chi connectivity index (χ1n) is 7.32. The number of esters is 1. The SMILES string of the molecule is CCOC(=O)c1sc2nc(C)nc(NCc3n[nH]c(=O)[nH]3)c2c1C. The Balaban J connectivity index is 2.00. The van der Waals surface area contributed by atoms with Gasteiger partial charge in [0.25, 0.3) is 0 Å². The Hall–Kier alpha value is -2.75. The van der Waals surface area contributed by atoms with Gasteiger partial charge in [0.2, 0.25) is 0 Å². The van der Waals surface area contributed by atoms with E-state index in [4.69, 9.17) is 4.74 Å². The minimum absolute atomic E-state index is 0.286. The number of fused-ring (bicyclic) bond motifs is 1. The number of hydrogen-bond donors (Lipinski definition) is 3. The first-order valence-corrected chi connectivity index (χ1v) is 8.13. The molecule has 0 saturated heterocycles. The number of carbonyl (C=O) groups is 1. The number of nitrogens with one attached hydrogen (secondary N) is 3. The summed E-state index contributed by atoms with van der Waals surface area (Å²) in [6, 6.07) is 0. The summed E-state index contributed by atoms with van der Waals surface area (Å²) in [5.74, 6) is 1.27. The van der Waals surface area contributed by atoms with Crippen molar-refractivity contribution < 1.29 is 9.53 Å². The summed E-state index contributed by atoms with van der Waals surface area (Å²) in [6.45, 7) is 5.98. The molecule has 0 bridgehead atoms. The number of aromatic amines is 2. The molecule has 0 spiro atoms. The van der Waals surface area contributed by atoms with Crippen LogP contribution >= 0.6 is 11.3 Å². The van der Waals surface area contributed by atoms with Gasteiger partial charge in [-0.2, -0.15) is 5.10 Å². The topological polar surface area (TPSA) is 126 Å². The van der Waals surface area contributed by atoms with Gasteiger partial charge in [0.1, 0.15) is 27.2 Å². The average Bonchev–Trinajstić information content (AvgIpc) is 3.09. The fraction of sp³-hybridized carbons (Fsp3) is 0.357. The van der Waals surface area contributed by atoms with Crippen molar-refractivity contribution in [3.05, 3.63) is 32.6 Å². The fourth-order valence-corrected chi connectivity index (χ4v) is 3.44. The van der Waals surface area contributed by atoms with E-state index in [2.05, 4.69) is 30.5 Å². The van der Waals surface area contributed by atoms with Crippen LogP contribution in [0.1, 0.15) is 33.8 Å². The molecule has 126 valence electrons. The molecular weight excluding hydrogens is 332 g/mol. The largest absolute Gasteiger partial charge is 0.462 e. The van der Waals surface area contributed by atoms with Crippen LogP contribution in [0.15, 0.2) is 4.79 Å². The maximum absolute atomic E-state index is 12.1. The highest BCUT2D eigenvalue weighted by Crippen LogP contribution is 2.34. The van der Waals surface area contributed by atoms with Crippen LogP contribution in [0.2, 0.25) is 0 Å². The molecule has 3 rings (SSSR count). The standard InChI is InChI=1S/C14H16N6O3S/c1-4-23-13(21)10-6(2)9-11(16-7(3)17-12(9)24-10)15-5-8-18-14(22)20-19-8/h4-5H2,1-3H3,(H,15,16,17)(H2,18,19,20,22). The Bertz CT molecular complexity index is 957. The van der Waals surface area contributed by atoms with E-state index in [1.165, 1.54) is 11.3 Å². The number of ether oxygens (including phenoxy) is 1. The molecule has 0 saturated carbocycles. The van der Waals surface area contributed by atoms with Gasteiger partial charge in [0.05, 0.1) is 18.5 Å². The van der Waals surface area contributed by atoms with E-state index >= 15 is 0 Å². The van der Waals surface area contributed by atoms with Crippen LogP contribution in [0, 0.1) is 13.8 Å². The van der Waals surface area contributed by atoms with Crippen molar-refractivity contribution in [2.45, 2.75) is 27.3 Å². The molecule has 3 aromatic rings. The van der Waals surface area contributed by atoms with Gasteiger partial charge >= 0.3 is 11.7 Å². The summed E-state index contributed by atoms with van der Waals surface area (Å²) in [6.07, 6.45) is 0. The van der Waals surface area contributed by atoms with E-state index in [1.807, 2.05) is 6.92 Å². The van der Waals surface area contributed by atoms with Crippen LogP contribution in [0.3, 0.4) is 0 Å². The van der Waals surface area contributed by atoms with Gasteiger partial charge in [-0.3, -0.25) is 4.98 Å². The number of thiophene rings is 1. The van der Waals surface area contributed by atoms with Crippen LogP contribution in [0.4, 0.5) is 5.82 Å². The number of anilines is 1. The zero-order valence-corrected chi connectivity index (χ0v) is 14.2. The minimum atomic E-state index is -0.368. The normalized spacial score (nSPS) is 11.0. The molecule has 3 heterocycles. The molecule has 0 unspecified atom stereocenters. The highest BCUT2D eigenvalue weighted by molar-refractivity contribution is 7.20. The molecular formula is C14H16N6O3S. The van der Waals surface area contributed by atoms with Crippen molar-refractivity contribution in [1.29, 1.82) is 0 Å². The zero-order chi connectivity index (χ0) is 17.3. The highest BCUT2D eigenvalue weighted by Gasteiger charge is 2.20. The second-order valence-corrected chi connectivity index (χ2v) is 6.05. The lowest BCUT2D eigenvalue weighted by Gasteiger charge is -2.07. The summed E-state index contributed by atoms with van der Waals surface area (Å²) in [5.41, 5.74) is 0.401. The molecule has 0 atom stereocenters. The molecule has 0 fully saturated rings. The number of H-pyrrole nitrogens is 2. The molecule has 0 aliphatic heterocycles. The minimum Gasteiger partial charge on any atom is -0.462 e. The van der Waals surface area contributed by atoms with Crippen molar-refractivity contribution in [2.75, 3.05) is 11.9 Å². The first kappa shape index (κ1) is 16.1. The van der Waals surface area contributed by atoms with E-state index in [0.29, 0.717) is 33.8 Å². The summed E-state index contributed by atoms with van der Waals surface area (Å²) >= 11 is 1.28. The molecule has 0 aliphatic carbocycles. The van der Waals surface area contributed by atoms with Crippen LogP contribution in [0.5, 0.6) is 0 Å². The van der Waals surface area contributed by atoms with Gasteiger partial charge in [-0.1, -0.05) is 0 Å². The number of carbonyl (C=O) groups excluding carboxylic acids is 1. The number of aryl methyl sites for hydroxylation is 2. The van der Waals surface area contributed by atoms with Gasteiger partial charge in [0, 0.05) is 0 Å². The van der Waals surface area contributed by atoms with Crippen LogP contribution in [-0.4, -0.2) is 37.7 Å². The third-order valence-corrected chi connectivity index (χ3v) is 4.50. The smallest absolute Gasteiger partial charge is 0.348 e. The van der Waals surface area contributed by atoms with E-state index in [9.17, 15) is 9.59 Å². The van der Waals surface area contributed by atoms with Crippen molar-refractivity contribution in [1.82, 2.24) is 25.1 Å². The maximum Gasteiger partial charge on any atom is 0.348 e. The number of nitrogens with zero attached hydrogens (tertiary/aromatic N) is 3. The lowest BCUT2D eigenvalue weighted by Crippen LogP contribution is -2.07. The Labute approximate surface area is 140 Å². The molecule has 10 heteroatoms. The second-order valence-electron chi connectivity index (χ2n) is 5.05. The number of aromatic nitrogens is 5. The van der Waals surface area contributed by atoms with Crippen molar-refractivity contribution >= 4 is 33.3 Å². The third kappa shape index (κ3) is 3.00. The zero-order valence-electron chi connectivity index (χ0n) is 13.4. The molecule has 24 heavy (non-hydrogen) atoms. The summed E-state index contributed by atoms with van der Waals surface area (Å²) in [7, 11) is 0. The van der Waals surface area contributed by atoms with Gasteiger partial charge in [0.15, 0.2) is 0 Å². The average molecular weight is 348 g/mol. The first-order chi connectivity index (χ1) is 11.5. The van der Waals surface area contributed by atoms with Crippen molar-refractivity contribution in [3.8, 4) is 0 Å². The van der Waals surface area contributed by atoms with Gasteiger partial charge < -0.3 is 10.1 Å².